The molecule has 3 aliphatic rings. The highest BCUT2D eigenvalue weighted by molar-refractivity contribution is 5.42. The molecule has 4 atom stereocenters. The molecule has 1 aromatic heterocycles. The molecule has 4 heteroatoms. The molecule has 3 aliphatic heterocycles. The fraction of sp³-hybridized carbons (Fsp3) is 0.750. The van der Waals surface area contributed by atoms with Crippen LogP contribution < -0.4 is 4.90 Å². The maximum absolute atomic E-state index is 9.40. The molecule has 1 aromatic rings. The van der Waals surface area contributed by atoms with E-state index in [0.717, 1.165) is 48.4 Å². The molecule has 2 bridgehead atoms. The average Bonchev–Trinajstić information content (AvgIpc) is 2.62. The predicted octanol–water partition coefficient (Wildman–Crippen LogP) is 3.05. The topological polar surface area (TPSA) is 39.6 Å². The van der Waals surface area contributed by atoms with Crippen LogP contribution in [-0.2, 0) is 6.61 Å². The molecule has 1 N–H and O–H groups in total. The van der Waals surface area contributed by atoms with Gasteiger partial charge in [0.25, 0.3) is 0 Å². The summed E-state index contributed by atoms with van der Waals surface area (Å²) in [6.07, 6.45) is 10.1. The van der Waals surface area contributed by atoms with Gasteiger partial charge in [-0.05, 0) is 55.2 Å². The van der Waals surface area contributed by atoms with Crippen LogP contribution in [0.2, 0.25) is 0 Å². The van der Waals surface area contributed by atoms with Crippen molar-refractivity contribution < 1.29 is 5.11 Å². The van der Waals surface area contributed by atoms with Crippen LogP contribution in [0.5, 0.6) is 0 Å². The van der Waals surface area contributed by atoms with Gasteiger partial charge in [0, 0.05) is 37.9 Å². The Balaban J connectivity index is 1.51. The van der Waals surface area contributed by atoms with Gasteiger partial charge in [0.1, 0.15) is 5.82 Å². The fourth-order valence-electron chi connectivity index (χ4n) is 5.47. The maximum Gasteiger partial charge on any atom is 0.128 e. The van der Waals surface area contributed by atoms with Gasteiger partial charge in [-0.1, -0.05) is 19.8 Å². The van der Waals surface area contributed by atoms with Crippen molar-refractivity contribution in [3.63, 3.8) is 0 Å². The van der Waals surface area contributed by atoms with Crippen molar-refractivity contribution in [2.24, 2.45) is 11.8 Å². The van der Waals surface area contributed by atoms with E-state index in [2.05, 4.69) is 27.8 Å². The molecule has 0 radical (unpaired) electrons. The summed E-state index contributed by atoms with van der Waals surface area (Å²) in [6, 6.07) is 5.60. The minimum absolute atomic E-state index is 0.102. The fourth-order valence-corrected chi connectivity index (χ4v) is 5.47. The van der Waals surface area contributed by atoms with E-state index in [-0.39, 0.29) is 6.61 Å². The lowest BCUT2D eigenvalue weighted by molar-refractivity contribution is -0.0216. The number of pyridine rings is 1. The van der Waals surface area contributed by atoms with Crippen molar-refractivity contribution in [1.29, 1.82) is 0 Å². The zero-order chi connectivity index (χ0) is 16.5. The molecule has 4 nitrogen and oxygen atoms in total. The summed E-state index contributed by atoms with van der Waals surface area (Å²) in [7, 11) is 0. The first-order valence-corrected chi connectivity index (χ1v) is 9.85. The second-order valence-electron chi connectivity index (χ2n) is 8.08. The van der Waals surface area contributed by atoms with E-state index in [4.69, 9.17) is 0 Å². The van der Waals surface area contributed by atoms with E-state index in [1.807, 2.05) is 12.3 Å². The smallest absolute Gasteiger partial charge is 0.128 e. The third-order valence-corrected chi connectivity index (χ3v) is 6.45. The molecular weight excluding hydrogens is 298 g/mol. The Morgan fingerprint density at radius 2 is 2.17 bits per heavy atom. The Labute approximate surface area is 145 Å². The van der Waals surface area contributed by atoms with Gasteiger partial charge in [-0.15, -0.1) is 0 Å². The number of nitrogens with zero attached hydrogens (tertiary/aromatic N) is 3. The van der Waals surface area contributed by atoms with E-state index < -0.39 is 0 Å². The standard InChI is InChI=1S/C20H31N3O/c1-2-4-18-5-3-6-19-17-9-16(12-23(18)19)11-22(13-17)20-10-15(14-24)7-8-21-20/h7-8,10,16-19,24H,2-6,9,11-14H2,1H3/t16-,17+,18-,19-/m0/s1. The molecule has 3 fully saturated rings. The molecule has 132 valence electrons. The molecule has 3 saturated heterocycles. The second kappa shape index (κ2) is 7.01. The molecule has 0 unspecified atom stereocenters. The van der Waals surface area contributed by atoms with Crippen LogP contribution in [0.3, 0.4) is 0 Å². The number of hydrogen-bond donors (Lipinski definition) is 1. The molecule has 0 amide bonds. The Bertz CT molecular complexity index is 562. The third-order valence-electron chi connectivity index (χ3n) is 6.45. The molecule has 0 saturated carbocycles. The lowest BCUT2D eigenvalue weighted by Crippen LogP contribution is -2.61. The number of aromatic nitrogens is 1. The van der Waals surface area contributed by atoms with Crippen molar-refractivity contribution in [3.05, 3.63) is 23.9 Å². The highest BCUT2D eigenvalue weighted by Gasteiger charge is 2.44. The lowest BCUT2D eigenvalue weighted by Gasteiger charge is -2.55. The third kappa shape index (κ3) is 3.06. The van der Waals surface area contributed by atoms with Crippen molar-refractivity contribution in [2.75, 3.05) is 24.5 Å². The highest BCUT2D eigenvalue weighted by atomic mass is 16.3. The first kappa shape index (κ1) is 16.3. The van der Waals surface area contributed by atoms with Crippen LogP contribution in [0.1, 0.15) is 51.0 Å². The Hall–Kier alpha value is -1.13. The molecule has 0 spiro atoms. The predicted molar refractivity (Wildman–Crippen MR) is 97.0 cm³/mol. The van der Waals surface area contributed by atoms with Gasteiger partial charge < -0.3 is 10.0 Å². The summed E-state index contributed by atoms with van der Waals surface area (Å²) >= 11 is 0. The molecule has 4 heterocycles. The zero-order valence-corrected chi connectivity index (χ0v) is 14.9. The van der Waals surface area contributed by atoms with Gasteiger partial charge in [0.2, 0.25) is 0 Å². The molecule has 4 rings (SSSR count). The summed E-state index contributed by atoms with van der Waals surface area (Å²) in [6.45, 7) is 5.97. The molecule has 0 aromatic carbocycles. The van der Waals surface area contributed by atoms with Crippen molar-refractivity contribution in [2.45, 2.75) is 64.1 Å². The second-order valence-corrected chi connectivity index (χ2v) is 8.08. The SMILES string of the molecule is CCC[C@H]1CCC[C@H]2[C@@H]3C[C@@H](CN(c4cc(CO)ccn4)C3)CN12. The quantitative estimate of drug-likeness (QED) is 0.921. The van der Waals surface area contributed by atoms with Gasteiger partial charge in [-0.3, -0.25) is 4.90 Å². The van der Waals surface area contributed by atoms with Crippen LogP contribution in [0.4, 0.5) is 5.82 Å². The van der Waals surface area contributed by atoms with Crippen molar-refractivity contribution in [1.82, 2.24) is 9.88 Å². The van der Waals surface area contributed by atoms with Crippen LogP contribution in [-0.4, -0.2) is 46.7 Å². The number of anilines is 1. The first-order chi connectivity index (χ1) is 11.8. The summed E-state index contributed by atoms with van der Waals surface area (Å²) in [5.74, 6) is 2.62. The number of hydrogen-bond acceptors (Lipinski definition) is 4. The number of rotatable bonds is 4. The van der Waals surface area contributed by atoms with Crippen molar-refractivity contribution >= 4 is 5.82 Å². The summed E-state index contributed by atoms with van der Waals surface area (Å²) in [5, 5.41) is 9.40. The van der Waals surface area contributed by atoms with Gasteiger partial charge in [-0.2, -0.15) is 0 Å². The largest absolute Gasteiger partial charge is 0.392 e. The summed E-state index contributed by atoms with van der Waals surface area (Å²) < 4.78 is 0. The average molecular weight is 329 g/mol. The zero-order valence-electron chi connectivity index (χ0n) is 14.9. The van der Waals surface area contributed by atoms with Crippen LogP contribution in [0.15, 0.2) is 18.3 Å². The number of piperidine rings is 3. The minimum atomic E-state index is 0.102. The van der Waals surface area contributed by atoms with Crippen LogP contribution in [0, 0.1) is 11.8 Å². The molecule has 0 aliphatic carbocycles. The first-order valence-electron chi connectivity index (χ1n) is 9.85. The summed E-state index contributed by atoms with van der Waals surface area (Å²) in [4.78, 5) is 9.96. The van der Waals surface area contributed by atoms with Gasteiger partial charge in [-0.25, -0.2) is 4.98 Å². The van der Waals surface area contributed by atoms with E-state index in [0.29, 0.717) is 0 Å². The number of fused-ring (bicyclic) bond motifs is 4. The highest BCUT2D eigenvalue weighted by Crippen LogP contribution is 2.41. The van der Waals surface area contributed by atoms with E-state index >= 15 is 0 Å². The Morgan fingerprint density at radius 3 is 3.00 bits per heavy atom. The normalized spacial score (nSPS) is 33.3. The van der Waals surface area contributed by atoms with E-state index in [1.54, 1.807) is 0 Å². The van der Waals surface area contributed by atoms with Crippen LogP contribution in [0.25, 0.3) is 0 Å². The van der Waals surface area contributed by atoms with Crippen LogP contribution >= 0.6 is 0 Å². The van der Waals surface area contributed by atoms with Gasteiger partial charge in [0.15, 0.2) is 0 Å². The Morgan fingerprint density at radius 1 is 1.25 bits per heavy atom. The van der Waals surface area contributed by atoms with Gasteiger partial charge in [0.05, 0.1) is 6.61 Å². The number of aliphatic hydroxyl groups excluding tert-OH is 1. The molecule has 24 heavy (non-hydrogen) atoms. The Kier molecular flexibility index (Phi) is 4.77. The summed E-state index contributed by atoms with van der Waals surface area (Å²) in [5.41, 5.74) is 0.970. The van der Waals surface area contributed by atoms with E-state index in [9.17, 15) is 5.11 Å². The monoisotopic (exact) mass is 329 g/mol. The molecular formula is C20H31N3O. The van der Waals surface area contributed by atoms with E-state index in [1.165, 1.54) is 45.1 Å². The number of aliphatic hydroxyl groups is 1. The minimum Gasteiger partial charge on any atom is -0.392 e. The lowest BCUT2D eigenvalue weighted by atomic mass is 9.74. The maximum atomic E-state index is 9.40. The van der Waals surface area contributed by atoms with Crippen molar-refractivity contribution in [3.8, 4) is 0 Å². The van der Waals surface area contributed by atoms with Gasteiger partial charge >= 0.3 is 0 Å².